The summed E-state index contributed by atoms with van der Waals surface area (Å²) in [7, 11) is -3.19. The molecule has 0 spiro atoms. The van der Waals surface area contributed by atoms with E-state index in [9.17, 15) is 8.42 Å². The Labute approximate surface area is 102 Å². The van der Waals surface area contributed by atoms with Gasteiger partial charge < -0.3 is 11.1 Å². The molecule has 0 heterocycles. The fourth-order valence-corrected chi connectivity index (χ4v) is 2.88. The average Bonchev–Trinajstić information content (AvgIpc) is 2.23. The minimum Gasteiger partial charge on any atom is -0.382 e. The fraction of sp³-hybridized carbons (Fsp3) is 0.500. The number of rotatable bonds is 4. The SMILES string of the molecule is CS(=O)(=O)c1ccccc1NCC1(N)CCC1. The molecule has 1 aromatic rings. The van der Waals surface area contributed by atoms with Crippen molar-refractivity contribution in [1.29, 1.82) is 0 Å². The number of nitrogens with two attached hydrogens (primary N) is 1. The average molecular weight is 254 g/mol. The van der Waals surface area contributed by atoms with Crippen LogP contribution in [-0.4, -0.2) is 26.8 Å². The first kappa shape index (κ1) is 12.4. The van der Waals surface area contributed by atoms with Crippen LogP contribution >= 0.6 is 0 Å². The van der Waals surface area contributed by atoms with E-state index in [1.165, 1.54) is 6.26 Å². The monoisotopic (exact) mass is 254 g/mol. The number of hydrogen-bond acceptors (Lipinski definition) is 4. The van der Waals surface area contributed by atoms with Crippen molar-refractivity contribution in [3.63, 3.8) is 0 Å². The third-order valence-corrected chi connectivity index (χ3v) is 4.42. The lowest BCUT2D eigenvalue weighted by Gasteiger charge is -2.38. The summed E-state index contributed by atoms with van der Waals surface area (Å²) in [6.45, 7) is 0.625. The van der Waals surface area contributed by atoms with Crippen LogP contribution in [0.3, 0.4) is 0 Å². The van der Waals surface area contributed by atoms with E-state index in [4.69, 9.17) is 5.73 Å². The summed E-state index contributed by atoms with van der Waals surface area (Å²) in [5.74, 6) is 0. The summed E-state index contributed by atoms with van der Waals surface area (Å²) in [6.07, 6.45) is 4.38. The summed E-state index contributed by atoms with van der Waals surface area (Å²) in [6, 6.07) is 6.93. The molecule has 2 rings (SSSR count). The number of benzene rings is 1. The van der Waals surface area contributed by atoms with Gasteiger partial charge in [0.15, 0.2) is 9.84 Å². The Morgan fingerprint density at radius 3 is 2.53 bits per heavy atom. The second-order valence-electron chi connectivity index (χ2n) is 4.84. The van der Waals surface area contributed by atoms with E-state index in [0.717, 1.165) is 19.3 Å². The smallest absolute Gasteiger partial charge is 0.177 e. The van der Waals surface area contributed by atoms with Crippen LogP contribution in [0, 0.1) is 0 Å². The van der Waals surface area contributed by atoms with Gasteiger partial charge in [-0.15, -0.1) is 0 Å². The highest BCUT2D eigenvalue weighted by molar-refractivity contribution is 7.90. The van der Waals surface area contributed by atoms with E-state index < -0.39 is 9.84 Å². The molecule has 0 aliphatic heterocycles. The second kappa shape index (κ2) is 4.31. The van der Waals surface area contributed by atoms with Crippen LogP contribution in [0.2, 0.25) is 0 Å². The molecule has 1 aliphatic carbocycles. The fourth-order valence-electron chi connectivity index (χ4n) is 2.01. The molecule has 0 atom stereocenters. The zero-order valence-corrected chi connectivity index (χ0v) is 10.8. The molecule has 1 fully saturated rings. The molecular formula is C12H18N2O2S. The van der Waals surface area contributed by atoms with Gasteiger partial charge in [-0.3, -0.25) is 0 Å². The first-order valence-corrected chi connectivity index (χ1v) is 7.62. The van der Waals surface area contributed by atoms with Crippen LogP contribution in [0.25, 0.3) is 0 Å². The Hall–Kier alpha value is -1.07. The summed E-state index contributed by atoms with van der Waals surface area (Å²) in [4.78, 5) is 0.336. The van der Waals surface area contributed by atoms with Gasteiger partial charge in [-0.1, -0.05) is 12.1 Å². The van der Waals surface area contributed by atoms with Crippen molar-refractivity contribution in [1.82, 2.24) is 0 Å². The van der Waals surface area contributed by atoms with Crippen molar-refractivity contribution in [3.05, 3.63) is 24.3 Å². The lowest BCUT2D eigenvalue weighted by Crippen LogP contribution is -2.52. The first-order chi connectivity index (χ1) is 7.91. The molecule has 1 aromatic carbocycles. The normalized spacial score (nSPS) is 18.5. The topological polar surface area (TPSA) is 72.2 Å². The van der Waals surface area contributed by atoms with Crippen LogP contribution in [0.5, 0.6) is 0 Å². The molecular weight excluding hydrogens is 236 g/mol. The summed E-state index contributed by atoms with van der Waals surface area (Å²) in [5, 5.41) is 3.16. The van der Waals surface area contributed by atoms with Crippen molar-refractivity contribution in [2.45, 2.75) is 29.7 Å². The zero-order valence-electron chi connectivity index (χ0n) is 9.94. The number of sulfone groups is 1. The Kier molecular flexibility index (Phi) is 3.14. The maximum Gasteiger partial charge on any atom is 0.177 e. The third kappa shape index (κ3) is 2.79. The van der Waals surface area contributed by atoms with Gasteiger partial charge >= 0.3 is 0 Å². The molecule has 0 aromatic heterocycles. The van der Waals surface area contributed by atoms with Crippen LogP contribution in [-0.2, 0) is 9.84 Å². The summed E-state index contributed by atoms with van der Waals surface area (Å²) >= 11 is 0. The highest BCUT2D eigenvalue weighted by Gasteiger charge is 2.32. The Morgan fingerprint density at radius 2 is 2.00 bits per heavy atom. The van der Waals surface area contributed by atoms with Crippen molar-refractivity contribution < 1.29 is 8.42 Å². The molecule has 1 aliphatic rings. The van der Waals surface area contributed by atoms with Crippen LogP contribution in [0.1, 0.15) is 19.3 Å². The van der Waals surface area contributed by atoms with Gasteiger partial charge in [0.05, 0.1) is 10.6 Å². The first-order valence-electron chi connectivity index (χ1n) is 5.73. The molecule has 4 nitrogen and oxygen atoms in total. The van der Waals surface area contributed by atoms with Gasteiger partial charge in [-0.05, 0) is 31.4 Å². The molecule has 3 N–H and O–H groups in total. The molecule has 94 valence electrons. The number of para-hydroxylation sites is 1. The van der Waals surface area contributed by atoms with E-state index in [-0.39, 0.29) is 5.54 Å². The van der Waals surface area contributed by atoms with E-state index >= 15 is 0 Å². The molecule has 0 amide bonds. The van der Waals surface area contributed by atoms with E-state index in [1.54, 1.807) is 18.2 Å². The van der Waals surface area contributed by atoms with Gasteiger partial charge in [0.25, 0.3) is 0 Å². The van der Waals surface area contributed by atoms with Gasteiger partial charge in [0.2, 0.25) is 0 Å². The van der Waals surface area contributed by atoms with E-state index in [0.29, 0.717) is 17.1 Å². The Bertz CT molecular complexity index is 507. The Morgan fingerprint density at radius 1 is 1.35 bits per heavy atom. The van der Waals surface area contributed by atoms with Gasteiger partial charge in [-0.2, -0.15) is 0 Å². The predicted octanol–water partition coefficient (Wildman–Crippen LogP) is 1.38. The molecule has 5 heteroatoms. The van der Waals surface area contributed by atoms with E-state index in [1.807, 2.05) is 6.07 Å². The number of nitrogens with one attached hydrogen (secondary N) is 1. The lowest BCUT2D eigenvalue weighted by molar-refractivity contribution is 0.265. The van der Waals surface area contributed by atoms with Crippen LogP contribution < -0.4 is 11.1 Å². The zero-order chi connectivity index (χ0) is 12.5. The van der Waals surface area contributed by atoms with Crippen LogP contribution in [0.4, 0.5) is 5.69 Å². The molecule has 0 radical (unpaired) electrons. The molecule has 0 saturated heterocycles. The maximum atomic E-state index is 11.6. The molecule has 0 unspecified atom stereocenters. The molecule has 1 saturated carbocycles. The quantitative estimate of drug-likeness (QED) is 0.851. The highest BCUT2D eigenvalue weighted by Crippen LogP contribution is 2.30. The number of anilines is 1. The Balaban J connectivity index is 2.16. The van der Waals surface area contributed by atoms with Gasteiger partial charge in [-0.25, -0.2) is 8.42 Å². The summed E-state index contributed by atoms with van der Waals surface area (Å²) < 4.78 is 23.2. The summed E-state index contributed by atoms with van der Waals surface area (Å²) in [5.41, 5.74) is 6.58. The standard InChI is InChI=1S/C12H18N2O2S/c1-17(15,16)11-6-3-2-5-10(11)14-9-12(13)7-4-8-12/h2-3,5-6,14H,4,7-9,13H2,1H3. The van der Waals surface area contributed by atoms with Crippen LogP contribution in [0.15, 0.2) is 29.2 Å². The molecule has 17 heavy (non-hydrogen) atoms. The van der Waals surface area contributed by atoms with Gasteiger partial charge in [0.1, 0.15) is 0 Å². The largest absolute Gasteiger partial charge is 0.382 e. The van der Waals surface area contributed by atoms with Crippen molar-refractivity contribution in [3.8, 4) is 0 Å². The van der Waals surface area contributed by atoms with Crippen molar-refractivity contribution in [2.24, 2.45) is 5.73 Å². The third-order valence-electron chi connectivity index (χ3n) is 3.27. The van der Waals surface area contributed by atoms with Gasteiger partial charge in [0, 0.05) is 18.3 Å². The van der Waals surface area contributed by atoms with Crippen molar-refractivity contribution in [2.75, 3.05) is 18.1 Å². The van der Waals surface area contributed by atoms with E-state index in [2.05, 4.69) is 5.32 Å². The number of hydrogen-bond donors (Lipinski definition) is 2. The minimum absolute atomic E-state index is 0.162. The second-order valence-corrected chi connectivity index (χ2v) is 6.82. The predicted molar refractivity (Wildman–Crippen MR) is 68.8 cm³/mol. The van der Waals surface area contributed by atoms with Crippen molar-refractivity contribution >= 4 is 15.5 Å². The minimum atomic E-state index is -3.19. The molecule has 0 bridgehead atoms. The highest BCUT2D eigenvalue weighted by atomic mass is 32.2. The lowest BCUT2D eigenvalue weighted by atomic mass is 9.78. The maximum absolute atomic E-state index is 11.6.